The summed E-state index contributed by atoms with van der Waals surface area (Å²) in [7, 11) is 0. The van der Waals surface area contributed by atoms with Crippen molar-refractivity contribution in [3.63, 3.8) is 0 Å². The zero-order valence-corrected chi connectivity index (χ0v) is 15.5. The van der Waals surface area contributed by atoms with Crippen molar-refractivity contribution in [2.45, 2.75) is 18.1 Å². The zero-order valence-electron chi connectivity index (χ0n) is 15.5. The predicted octanol–water partition coefficient (Wildman–Crippen LogP) is 2.87. The Morgan fingerprint density at radius 2 is 1.93 bits per heavy atom. The van der Waals surface area contributed by atoms with E-state index in [0.29, 0.717) is 11.3 Å². The molecule has 0 radical (unpaired) electrons. The van der Waals surface area contributed by atoms with Gasteiger partial charge in [0.1, 0.15) is 12.3 Å². The molecule has 2 N–H and O–H groups in total. The maximum Gasteiger partial charge on any atom is 0.416 e. The van der Waals surface area contributed by atoms with Gasteiger partial charge in [-0.1, -0.05) is 24.3 Å². The van der Waals surface area contributed by atoms with Crippen molar-refractivity contribution >= 4 is 23.5 Å². The number of amides is 4. The normalized spacial score (nSPS) is 20.6. The summed E-state index contributed by atoms with van der Waals surface area (Å²) in [5.41, 5.74) is -1.85. The number of imide groups is 1. The Kier molecular flexibility index (Phi) is 4.64. The van der Waals surface area contributed by atoms with E-state index in [2.05, 4.69) is 10.6 Å². The van der Waals surface area contributed by atoms with Crippen molar-refractivity contribution in [1.29, 1.82) is 0 Å². The van der Waals surface area contributed by atoms with Crippen LogP contribution in [0.5, 0.6) is 5.75 Å². The van der Waals surface area contributed by atoms with Gasteiger partial charge in [0.2, 0.25) is 5.91 Å². The van der Waals surface area contributed by atoms with Gasteiger partial charge in [0.05, 0.1) is 12.2 Å². The second kappa shape index (κ2) is 7.05. The van der Waals surface area contributed by atoms with Crippen molar-refractivity contribution in [1.82, 2.24) is 10.2 Å². The molecule has 7 nitrogen and oxygen atoms in total. The number of urea groups is 1. The summed E-state index contributed by atoms with van der Waals surface area (Å²) in [6.45, 7) is -0.432. The summed E-state index contributed by atoms with van der Waals surface area (Å²) >= 11 is 0. The second-order valence-corrected chi connectivity index (χ2v) is 6.95. The SMILES string of the molecule is O=C(CN1C(=O)NC2(CCOc3ccccc32)C1=O)Nc1cccc(C(F)(F)F)c1. The zero-order chi connectivity index (χ0) is 21.5. The molecule has 0 aliphatic carbocycles. The third-order valence-corrected chi connectivity index (χ3v) is 5.03. The quantitative estimate of drug-likeness (QED) is 0.749. The monoisotopic (exact) mass is 419 g/mol. The van der Waals surface area contributed by atoms with Crippen LogP contribution in [0.4, 0.5) is 23.7 Å². The summed E-state index contributed by atoms with van der Waals surface area (Å²) < 4.78 is 44.0. The second-order valence-electron chi connectivity index (χ2n) is 6.95. The summed E-state index contributed by atoms with van der Waals surface area (Å²) in [5.74, 6) is -0.940. The number of anilines is 1. The Hall–Kier alpha value is -3.56. The molecule has 1 fully saturated rings. The van der Waals surface area contributed by atoms with E-state index in [-0.39, 0.29) is 18.7 Å². The summed E-state index contributed by atoms with van der Waals surface area (Å²) in [6.07, 6.45) is -4.37. The Balaban J connectivity index is 1.52. The van der Waals surface area contributed by atoms with E-state index < -0.39 is 41.7 Å². The lowest BCUT2D eigenvalue weighted by Gasteiger charge is -2.33. The Labute approximate surface area is 168 Å². The van der Waals surface area contributed by atoms with E-state index in [9.17, 15) is 27.6 Å². The topological polar surface area (TPSA) is 87.7 Å². The van der Waals surface area contributed by atoms with E-state index in [4.69, 9.17) is 4.74 Å². The van der Waals surface area contributed by atoms with E-state index >= 15 is 0 Å². The molecular formula is C20H16F3N3O4. The minimum absolute atomic E-state index is 0.0898. The molecule has 1 spiro atoms. The highest BCUT2D eigenvalue weighted by molar-refractivity contribution is 6.10. The number of carbonyl (C=O) groups excluding carboxylic acids is 3. The fourth-order valence-corrected chi connectivity index (χ4v) is 3.63. The Bertz CT molecular complexity index is 1040. The molecule has 2 aliphatic heterocycles. The van der Waals surface area contributed by atoms with E-state index in [1.807, 2.05) is 0 Å². The summed E-state index contributed by atoms with van der Waals surface area (Å²) in [6, 6.07) is 10.1. The van der Waals surface area contributed by atoms with E-state index in [0.717, 1.165) is 23.1 Å². The maximum absolute atomic E-state index is 13.1. The van der Waals surface area contributed by atoms with Gasteiger partial charge in [0.15, 0.2) is 5.54 Å². The third kappa shape index (κ3) is 3.34. The molecule has 0 aromatic heterocycles. The number of hydrogen-bond acceptors (Lipinski definition) is 4. The molecule has 156 valence electrons. The first-order chi connectivity index (χ1) is 14.2. The molecule has 4 amide bonds. The van der Waals surface area contributed by atoms with Crippen molar-refractivity contribution in [2.24, 2.45) is 0 Å². The van der Waals surface area contributed by atoms with Crippen LogP contribution in [-0.2, 0) is 21.3 Å². The number of para-hydroxylation sites is 1. The van der Waals surface area contributed by atoms with Crippen LogP contribution in [0.15, 0.2) is 48.5 Å². The minimum atomic E-state index is -4.56. The van der Waals surface area contributed by atoms with Crippen molar-refractivity contribution in [2.75, 3.05) is 18.5 Å². The fraction of sp³-hybridized carbons (Fsp3) is 0.250. The molecule has 2 aromatic rings. The first-order valence-electron chi connectivity index (χ1n) is 9.04. The average molecular weight is 419 g/mol. The number of hydrogen-bond donors (Lipinski definition) is 2. The third-order valence-electron chi connectivity index (χ3n) is 5.03. The van der Waals surface area contributed by atoms with Crippen LogP contribution in [0.25, 0.3) is 0 Å². The van der Waals surface area contributed by atoms with Gasteiger partial charge in [-0.25, -0.2) is 4.79 Å². The largest absolute Gasteiger partial charge is 0.493 e. The molecule has 2 aliphatic rings. The Morgan fingerprint density at radius 3 is 2.70 bits per heavy atom. The molecule has 2 heterocycles. The van der Waals surface area contributed by atoms with Crippen LogP contribution in [0.2, 0.25) is 0 Å². The number of nitrogens with one attached hydrogen (secondary N) is 2. The number of ether oxygens (including phenoxy) is 1. The molecular weight excluding hydrogens is 403 g/mol. The number of carbonyl (C=O) groups is 3. The van der Waals surface area contributed by atoms with Crippen LogP contribution < -0.4 is 15.4 Å². The average Bonchev–Trinajstić information content (AvgIpc) is 2.93. The van der Waals surface area contributed by atoms with Crippen LogP contribution in [0, 0.1) is 0 Å². The molecule has 4 rings (SSSR count). The van der Waals surface area contributed by atoms with Crippen LogP contribution in [0.1, 0.15) is 17.5 Å². The molecule has 10 heteroatoms. The summed E-state index contributed by atoms with van der Waals surface area (Å²) in [5, 5.41) is 4.95. The lowest BCUT2D eigenvalue weighted by molar-refractivity contribution is -0.137. The standard InChI is InChI=1S/C20H16F3N3O4/c21-20(22,23)12-4-3-5-13(10-12)24-16(27)11-26-17(28)19(25-18(26)29)8-9-30-15-7-2-1-6-14(15)19/h1-7,10H,8-9,11H2,(H,24,27)(H,25,29). The van der Waals surface area contributed by atoms with E-state index in [1.165, 1.54) is 6.07 Å². The highest BCUT2D eigenvalue weighted by atomic mass is 19.4. The van der Waals surface area contributed by atoms with Gasteiger partial charge in [-0.05, 0) is 24.3 Å². The molecule has 30 heavy (non-hydrogen) atoms. The fourth-order valence-electron chi connectivity index (χ4n) is 3.63. The lowest BCUT2D eigenvalue weighted by atomic mass is 9.84. The number of alkyl halides is 3. The van der Waals surface area contributed by atoms with Crippen molar-refractivity contribution in [3.8, 4) is 5.75 Å². The highest BCUT2D eigenvalue weighted by Gasteiger charge is 2.55. The van der Waals surface area contributed by atoms with Crippen molar-refractivity contribution < 1.29 is 32.3 Å². The first-order valence-corrected chi connectivity index (χ1v) is 9.04. The molecule has 1 atom stereocenters. The predicted molar refractivity (Wildman–Crippen MR) is 98.6 cm³/mol. The number of nitrogens with zero attached hydrogens (tertiary/aromatic N) is 1. The van der Waals surface area contributed by atoms with Crippen LogP contribution >= 0.6 is 0 Å². The van der Waals surface area contributed by atoms with Gasteiger partial charge >= 0.3 is 12.2 Å². The van der Waals surface area contributed by atoms with E-state index in [1.54, 1.807) is 24.3 Å². The summed E-state index contributed by atoms with van der Waals surface area (Å²) in [4.78, 5) is 38.7. The van der Waals surface area contributed by atoms with Gasteiger partial charge < -0.3 is 15.4 Å². The van der Waals surface area contributed by atoms with Crippen LogP contribution in [0.3, 0.4) is 0 Å². The van der Waals surface area contributed by atoms with Crippen molar-refractivity contribution in [3.05, 3.63) is 59.7 Å². The van der Waals surface area contributed by atoms with Gasteiger partial charge in [0, 0.05) is 17.7 Å². The smallest absolute Gasteiger partial charge is 0.416 e. The molecule has 0 saturated carbocycles. The van der Waals surface area contributed by atoms with Gasteiger partial charge in [-0.2, -0.15) is 13.2 Å². The number of fused-ring (bicyclic) bond motifs is 2. The molecule has 1 unspecified atom stereocenters. The lowest BCUT2D eigenvalue weighted by Crippen LogP contribution is -2.48. The van der Waals surface area contributed by atoms with Gasteiger partial charge in [-0.15, -0.1) is 0 Å². The highest BCUT2D eigenvalue weighted by Crippen LogP contribution is 2.41. The Morgan fingerprint density at radius 1 is 1.17 bits per heavy atom. The molecule has 0 bridgehead atoms. The number of benzene rings is 2. The molecule has 2 aromatic carbocycles. The van der Waals surface area contributed by atoms with Crippen LogP contribution in [-0.4, -0.2) is 35.9 Å². The van der Waals surface area contributed by atoms with Gasteiger partial charge in [-0.3, -0.25) is 14.5 Å². The number of halogens is 3. The maximum atomic E-state index is 13.1. The first kappa shape index (κ1) is 19.7. The minimum Gasteiger partial charge on any atom is -0.493 e. The number of rotatable bonds is 3. The van der Waals surface area contributed by atoms with Gasteiger partial charge in [0.25, 0.3) is 5.91 Å². The molecule has 1 saturated heterocycles.